The van der Waals surface area contributed by atoms with Crippen molar-refractivity contribution in [3.63, 3.8) is 0 Å². The van der Waals surface area contributed by atoms with Gasteiger partial charge in [0, 0.05) is 17.1 Å². The van der Waals surface area contributed by atoms with Crippen LogP contribution in [0.25, 0.3) is 0 Å². The second-order valence-electron chi connectivity index (χ2n) is 3.03. The molecule has 0 aliphatic carbocycles. The number of carbonyl (C=O) groups excluding carboxylic acids is 1. The normalized spacial score (nSPS) is 9.86. The first-order chi connectivity index (χ1) is 6.65. The second-order valence-corrected chi connectivity index (χ2v) is 3.03. The van der Waals surface area contributed by atoms with E-state index in [2.05, 4.69) is 10.3 Å². The summed E-state index contributed by atoms with van der Waals surface area (Å²) in [4.78, 5) is 15.0. The van der Waals surface area contributed by atoms with E-state index in [1.165, 1.54) is 0 Å². The molecule has 2 amide bonds. The molecule has 0 unspecified atom stereocenters. The molecule has 0 radical (unpaired) electrons. The predicted molar refractivity (Wildman–Crippen MR) is 56.2 cm³/mol. The molecule has 0 fully saturated rings. The van der Waals surface area contributed by atoms with Gasteiger partial charge in [0.15, 0.2) is 0 Å². The summed E-state index contributed by atoms with van der Waals surface area (Å²) in [5.74, 6) is 0. The van der Waals surface area contributed by atoms with Crippen molar-refractivity contribution in [3.05, 3.63) is 23.5 Å². The molecule has 0 atom stereocenters. The lowest BCUT2D eigenvalue weighted by Crippen LogP contribution is -2.19. The average Bonchev–Trinajstić information content (AvgIpc) is 2.16. The molecule has 0 bridgehead atoms. The van der Waals surface area contributed by atoms with Crippen LogP contribution in [0.15, 0.2) is 12.1 Å². The van der Waals surface area contributed by atoms with Crippen LogP contribution in [-0.2, 0) is 12.8 Å². The van der Waals surface area contributed by atoms with Gasteiger partial charge in [-0.2, -0.15) is 0 Å². The van der Waals surface area contributed by atoms with Gasteiger partial charge in [0.25, 0.3) is 0 Å². The molecule has 0 aliphatic rings. The van der Waals surface area contributed by atoms with E-state index in [9.17, 15) is 4.79 Å². The van der Waals surface area contributed by atoms with Crippen LogP contribution >= 0.6 is 0 Å². The zero-order chi connectivity index (χ0) is 10.6. The third kappa shape index (κ3) is 2.73. The quantitative estimate of drug-likeness (QED) is 0.767. The topological polar surface area (TPSA) is 68.0 Å². The van der Waals surface area contributed by atoms with Crippen LogP contribution in [-0.4, -0.2) is 11.0 Å². The van der Waals surface area contributed by atoms with Gasteiger partial charge >= 0.3 is 6.03 Å². The molecule has 0 saturated carbocycles. The minimum Gasteiger partial charge on any atom is -0.351 e. The summed E-state index contributed by atoms with van der Waals surface area (Å²) in [6.45, 7) is 4.05. The largest absolute Gasteiger partial charge is 0.351 e. The fraction of sp³-hybridized carbons (Fsp3) is 0.400. The van der Waals surface area contributed by atoms with Gasteiger partial charge in [0.05, 0.1) is 0 Å². The third-order valence-corrected chi connectivity index (χ3v) is 1.92. The molecule has 1 aromatic heterocycles. The molecule has 1 heterocycles. The van der Waals surface area contributed by atoms with E-state index >= 15 is 0 Å². The fourth-order valence-electron chi connectivity index (χ4n) is 1.23. The minimum atomic E-state index is -0.541. The number of carbonyl (C=O) groups is 1. The van der Waals surface area contributed by atoms with Crippen LogP contribution in [0.1, 0.15) is 25.2 Å². The third-order valence-electron chi connectivity index (χ3n) is 1.92. The number of anilines is 1. The van der Waals surface area contributed by atoms with Gasteiger partial charge in [-0.15, -0.1) is 0 Å². The first-order valence-corrected chi connectivity index (χ1v) is 4.72. The first kappa shape index (κ1) is 10.5. The van der Waals surface area contributed by atoms with Crippen molar-refractivity contribution in [2.24, 2.45) is 5.73 Å². The van der Waals surface area contributed by atoms with Crippen LogP contribution in [0, 0.1) is 0 Å². The molecule has 4 nitrogen and oxygen atoms in total. The summed E-state index contributed by atoms with van der Waals surface area (Å²) in [5, 5.41) is 2.55. The van der Waals surface area contributed by atoms with Gasteiger partial charge < -0.3 is 11.1 Å². The Morgan fingerprint density at radius 2 is 1.86 bits per heavy atom. The molecule has 4 heteroatoms. The molecule has 0 aliphatic heterocycles. The number of hydrogen-bond acceptors (Lipinski definition) is 2. The summed E-state index contributed by atoms with van der Waals surface area (Å²) >= 11 is 0. The van der Waals surface area contributed by atoms with Crippen molar-refractivity contribution in [3.8, 4) is 0 Å². The van der Waals surface area contributed by atoms with Gasteiger partial charge in [0.1, 0.15) is 0 Å². The van der Waals surface area contributed by atoms with E-state index in [1.807, 2.05) is 26.0 Å². The molecule has 3 N–H and O–H groups in total. The Kier molecular flexibility index (Phi) is 3.45. The van der Waals surface area contributed by atoms with Gasteiger partial charge in [0.2, 0.25) is 0 Å². The number of rotatable bonds is 3. The minimum absolute atomic E-state index is 0.541. The standard InChI is InChI=1S/C10H15N3O/c1-3-7-5-9(13-10(11)14)6-8(4-2)12-7/h5-6H,3-4H2,1-2H3,(H3,11,12,13,14). The Morgan fingerprint density at radius 3 is 2.21 bits per heavy atom. The van der Waals surface area contributed by atoms with Crippen molar-refractivity contribution >= 4 is 11.7 Å². The lowest BCUT2D eigenvalue weighted by molar-refractivity contribution is 0.259. The lowest BCUT2D eigenvalue weighted by Gasteiger charge is -2.06. The van der Waals surface area contributed by atoms with Gasteiger partial charge in [-0.1, -0.05) is 13.8 Å². The Balaban J connectivity index is 2.98. The molecule has 0 spiro atoms. The molecule has 1 aromatic rings. The van der Waals surface area contributed by atoms with E-state index in [0.29, 0.717) is 0 Å². The van der Waals surface area contributed by atoms with E-state index < -0.39 is 6.03 Å². The average molecular weight is 193 g/mol. The summed E-state index contributed by atoms with van der Waals surface area (Å²) in [7, 11) is 0. The first-order valence-electron chi connectivity index (χ1n) is 4.72. The Morgan fingerprint density at radius 1 is 1.36 bits per heavy atom. The second kappa shape index (κ2) is 4.60. The summed E-state index contributed by atoms with van der Waals surface area (Å²) < 4.78 is 0. The van der Waals surface area contributed by atoms with Crippen molar-refractivity contribution in [2.75, 3.05) is 5.32 Å². The molecule has 0 aromatic carbocycles. The van der Waals surface area contributed by atoms with E-state index in [1.54, 1.807) is 0 Å². The van der Waals surface area contributed by atoms with Gasteiger partial charge in [-0.3, -0.25) is 4.98 Å². The van der Waals surface area contributed by atoms with Gasteiger partial charge in [-0.05, 0) is 25.0 Å². The van der Waals surface area contributed by atoms with E-state index in [4.69, 9.17) is 5.73 Å². The van der Waals surface area contributed by atoms with Gasteiger partial charge in [-0.25, -0.2) is 4.79 Å². The number of primary amides is 1. The van der Waals surface area contributed by atoms with E-state index in [0.717, 1.165) is 29.9 Å². The highest BCUT2D eigenvalue weighted by Gasteiger charge is 2.01. The molecular formula is C10H15N3O. The number of aryl methyl sites for hydroxylation is 2. The van der Waals surface area contributed by atoms with Crippen molar-refractivity contribution in [1.82, 2.24) is 4.98 Å². The fourth-order valence-corrected chi connectivity index (χ4v) is 1.23. The highest BCUT2D eigenvalue weighted by atomic mass is 16.2. The molecular weight excluding hydrogens is 178 g/mol. The predicted octanol–water partition coefficient (Wildman–Crippen LogP) is 1.70. The molecule has 1 rings (SSSR count). The van der Waals surface area contributed by atoms with Crippen molar-refractivity contribution in [2.45, 2.75) is 26.7 Å². The Hall–Kier alpha value is -1.58. The smallest absolute Gasteiger partial charge is 0.316 e. The number of aromatic nitrogens is 1. The number of nitrogens with zero attached hydrogens (tertiary/aromatic N) is 1. The van der Waals surface area contributed by atoms with Crippen molar-refractivity contribution in [1.29, 1.82) is 0 Å². The number of amides is 2. The summed E-state index contributed by atoms with van der Waals surface area (Å²) in [5.41, 5.74) is 7.69. The van der Waals surface area contributed by atoms with Crippen LogP contribution < -0.4 is 11.1 Å². The number of urea groups is 1. The number of nitrogens with one attached hydrogen (secondary N) is 1. The maximum absolute atomic E-state index is 10.7. The zero-order valence-corrected chi connectivity index (χ0v) is 8.50. The molecule has 0 saturated heterocycles. The summed E-state index contributed by atoms with van der Waals surface area (Å²) in [6, 6.07) is 3.13. The summed E-state index contributed by atoms with van der Waals surface area (Å²) in [6.07, 6.45) is 1.70. The molecule has 76 valence electrons. The number of pyridine rings is 1. The van der Waals surface area contributed by atoms with Crippen LogP contribution in [0.2, 0.25) is 0 Å². The Labute approximate surface area is 83.5 Å². The maximum Gasteiger partial charge on any atom is 0.316 e. The van der Waals surface area contributed by atoms with Crippen LogP contribution in [0.5, 0.6) is 0 Å². The maximum atomic E-state index is 10.7. The highest BCUT2D eigenvalue weighted by Crippen LogP contribution is 2.12. The highest BCUT2D eigenvalue weighted by molar-refractivity contribution is 5.87. The molecule has 14 heavy (non-hydrogen) atoms. The van der Waals surface area contributed by atoms with Crippen molar-refractivity contribution < 1.29 is 4.79 Å². The number of hydrogen-bond donors (Lipinski definition) is 2. The van der Waals surface area contributed by atoms with Crippen LogP contribution in [0.4, 0.5) is 10.5 Å². The zero-order valence-electron chi connectivity index (χ0n) is 8.50. The SMILES string of the molecule is CCc1cc(NC(N)=O)cc(CC)n1. The lowest BCUT2D eigenvalue weighted by atomic mass is 10.2. The monoisotopic (exact) mass is 193 g/mol. The van der Waals surface area contributed by atoms with Crippen LogP contribution in [0.3, 0.4) is 0 Å². The Bertz CT molecular complexity index is 314. The van der Waals surface area contributed by atoms with E-state index in [-0.39, 0.29) is 0 Å². The number of nitrogens with two attached hydrogens (primary N) is 1.